The third-order valence-electron chi connectivity index (χ3n) is 8.22. The molecule has 0 bridgehead atoms. The van der Waals surface area contributed by atoms with Gasteiger partial charge in [-0.15, -0.1) is 0 Å². The molecule has 3 heterocycles. The Balaban J connectivity index is 1.24. The number of nitrogens with two attached hydrogens (primary N) is 3. The van der Waals surface area contributed by atoms with Crippen LogP contribution in [0.1, 0.15) is 59.1 Å². The van der Waals surface area contributed by atoms with Crippen LogP contribution < -0.4 is 17.2 Å². The molecule has 3 atom stereocenters. The molecule has 5 rings (SSSR count). The average molecular weight is 477 g/mol. The van der Waals surface area contributed by atoms with E-state index in [1.165, 1.54) is 27.8 Å². The molecule has 1 fully saturated rings. The Morgan fingerprint density at radius 3 is 2.71 bits per heavy atom. The maximum absolute atomic E-state index is 6.53. The molecule has 6 heteroatoms. The van der Waals surface area contributed by atoms with Gasteiger partial charge in [0.25, 0.3) is 0 Å². The fourth-order valence-electron chi connectivity index (χ4n) is 5.97. The number of hydrogen-bond acceptors (Lipinski definition) is 6. The van der Waals surface area contributed by atoms with Crippen molar-refractivity contribution in [3.63, 3.8) is 0 Å². The maximum Gasteiger partial charge on any atom is 0.0725 e. The Morgan fingerprint density at radius 1 is 1.09 bits per heavy atom. The molecule has 0 spiro atoms. The number of fused-ring (bicyclic) bond motifs is 1. The van der Waals surface area contributed by atoms with Crippen molar-refractivity contribution in [1.29, 1.82) is 0 Å². The molecule has 6 nitrogen and oxygen atoms in total. The van der Waals surface area contributed by atoms with Gasteiger partial charge >= 0.3 is 0 Å². The SMILES string of the molecule is CC(CCc1cc(C2=CCOC2)c(N)cc1CN)C1CC(c2cc3c(cc2N)CN(C)CC3)CO1. The van der Waals surface area contributed by atoms with Gasteiger partial charge in [-0.1, -0.05) is 19.1 Å². The van der Waals surface area contributed by atoms with E-state index >= 15 is 0 Å². The molecule has 0 saturated carbocycles. The predicted molar refractivity (Wildman–Crippen MR) is 143 cm³/mol. The molecule has 3 unspecified atom stereocenters. The zero-order chi connectivity index (χ0) is 24.5. The molecule has 0 aromatic heterocycles. The van der Waals surface area contributed by atoms with Crippen LogP contribution in [0.25, 0.3) is 5.57 Å². The topological polar surface area (TPSA) is 99.8 Å². The highest BCUT2D eigenvalue weighted by atomic mass is 16.5. The van der Waals surface area contributed by atoms with Gasteiger partial charge in [-0.05, 0) is 90.2 Å². The Kier molecular flexibility index (Phi) is 7.17. The lowest BCUT2D eigenvalue weighted by molar-refractivity contribution is 0.0656. The van der Waals surface area contributed by atoms with Crippen LogP contribution in [0.5, 0.6) is 0 Å². The Labute approximate surface area is 209 Å². The highest BCUT2D eigenvalue weighted by Crippen LogP contribution is 2.38. The van der Waals surface area contributed by atoms with Crippen LogP contribution in [0.15, 0.2) is 30.3 Å². The van der Waals surface area contributed by atoms with E-state index in [-0.39, 0.29) is 6.10 Å². The minimum atomic E-state index is 0.252. The van der Waals surface area contributed by atoms with E-state index < -0.39 is 0 Å². The number of likely N-dealkylation sites (N-methyl/N-ethyl adjacent to an activating group) is 1. The molecule has 1 saturated heterocycles. The largest absolute Gasteiger partial charge is 0.398 e. The van der Waals surface area contributed by atoms with Crippen molar-refractivity contribution >= 4 is 16.9 Å². The summed E-state index contributed by atoms with van der Waals surface area (Å²) in [7, 11) is 2.17. The van der Waals surface area contributed by atoms with Crippen molar-refractivity contribution < 1.29 is 9.47 Å². The monoisotopic (exact) mass is 476 g/mol. The molecular weight excluding hydrogens is 436 g/mol. The lowest BCUT2D eigenvalue weighted by Crippen LogP contribution is -2.27. The van der Waals surface area contributed by atoms with Gasteiger partial charge in [0.1, 0.15) is 0 Å². The van der Waals surface area contributed by atoms with E-state index in [0.717, 1.165) is 67.9 Å². The zero-order valence-corrected chi connectivity index (χ0v) is 21.2. The van der Waals surface area contributed by atoms with E-state index in [4.69, 9.17) is 26.7 Å². The number of anilines is 2. The van der Waals surface area contributed by atoms with Gasteiger partial charge in [0, 0.05) is 42.5 Å². The molecule has 0 amide bonds. The predicted octanol–water partition coefficient (Wildman–Crippen LogP) is 3.85. The van der Waals surface area contributed by atoms with Gasteiger partial charge in [0.05, 0.1) is 25.9 Å². The third kappa shape index (κ3) is 5.12. The second-order valence-corrected chi connectivity index (χ2v) is 10.7. The normalized spacial score (nSPS) is 23.3. The highest BCUT2D eigenvalue weighted by Gasteiger charge is 2.32. The van der Waals surface area contributed by atoms with Crippen LogP contribution in [0.4, 0.5) is 11.4 Å². The summed E-state index contributed by atoms with van der Waals surface area (Å²) in [6, 6.07) is 8.85. The van der Waals surface area contributed by atoms with Crippen molar-refractivity contribution in [3.8, 4) is 0 Å². The summed E-state index contributed by atoms with van der Waals surface area (Å²) in [6.45, 7) is 6.95. The summed E-state index contributed by atoms with van der Waals surface area (Å²) < 4.78 is 11.9. The molecule has 188 valence electrons. The van der Waals surface area contributed by atoms with Gasteiger partial charge < -0.3 is 31.6 Å². The number of nitrogen functional groups attached to an aromatic ring is 2. The van der Waals surface area contributed by atoms with Crippen LogP contribution in [0.2, 0.25) is 0 Å². The van der Waals surface area contributed by atoms with Crippen LogP contribution in [0.3, 0.4) is 0 Å². The van der Waals surface area contributed by atoms with Gasteiger partial charge in [-0.25, -0.2) is 0 Å². The Morgan fingerprint density at radius 2 is 1.94 bits per heavy atom. The standard InChI is InChI=1S/C29H40N4O2/c1-18(3-4-19-9-25(21-6-8-34-16-21)27(31)11-22(19)14-30)29-13-24(17-35-29)26-10-20-5-7-33(2)15-23(20)12-28(26)32/h6,9-12,18,24,29H,3-5,7-8,13-17,30-32H2,1-2H3. The first-order valence-electron chi connectivity index (χ1n) is 13.0. The van der Waals surface area contributed by atoms with E-state index in [1.54, 1.807) is 0 Å². The van der Waals surface area contributed by atoms with Crippen molar-refractivity contribution in [1.82, 2.24) is 4.90 Å². The molecule has 0 radical (unpaired) electrons. The number of benzene rings is 2. The first-order valence-corrected chi connectivity index (χ1v) is 13.0. The van der Waals surface area contributed by atoms with Crippen molar-refractivity contribution in [2.75, 3.05) is 44.9 Å². The van der Waals surface area contributed by atoms with Crippen LogP contribution in [-0.2, 0) is 35.4 Å². The smallest absolute Gasteiger partial charge is 0.0725 e. The number of ether oxygens (including phenoxy) is 2. The van der Waals surface area contributed by atoms with E-state index in [2.05, 4.69) is 43.1 Å². The summed E-state index contributed by atoms with van der Waals surface area (Å²) in [5.74, 6) is 0.831. The second kappa shape index (κ2) is 10.3. The minimum absolute atomic E-state index is 0.252. The average Bonchev–Trinajstić information content (AvgIpc) is 3.55. The van der Waals surface area contributed by atoms with Crippen LogP contribution in [0, 0.1) is 5.92 Å². The molecule has 35 heavy (non-hydrogen) atoms. The van der Waals surface area contributed by atoms with Gasteiger partial charge in [-0.2, -0.15) is 0 Å². The quantitative estimate of drug-likeness (QED) is 0.525. The molecule has 2 aromatic carbocycles. The summed E-state index contributed by atoms with van der Waals surface area (Å²) in [6.07, 6.45) is 6.52. The number of aryl methyl sites for hydroxylation is 1. The van der Waals surface area contributed by atoms with Crippen molar-refractivity contribution in [3.05, 3.63) is 63.7 Å². The second-order valence-electron chi connectivity index (χ2n) is 10.7. The third-order valence-corrected chi connectivity index (χ3v) is 8.22. The number of rotatable bonds is 7. The number of hydrogen-bond donors (Lipinski definition) is 3. The van der Waals surface area contributed by atoms with E-state index in [1.807, 2.05) is 6.07 Å². The Hall–Kier alpha value is -2.38. The summed E-state index contributed by atoms with van der Waals surface area (Å²) in [5, 5.41) is 0. The molecule has 6 N–H and O–H groups in total. The summed E-state index contributed by atoms with van der Waals surface area (Å²) in [5.41, 5.74) is 29.5. The van der Waals surface area contributed by atoms with Gasteiger partial charge in [0.15, 0.2) is 0 Å². The summed E-state index contributed by atoms with van der Waals surface area (Å²) in [4.78, 5) is 2.36. The molecule has 0 aliphatic carbocycles. The van der Waals surface area contributed by atoms with E-state index in [9.17, 15) is 0 Å². The van der Waals surface area contributed by atoms with Crippen molar-refractivity contribution in [2.45, 2.75) is 57.7 Å². The molecule has 3 aliphatic rings. The van der Waals surface area contributed by atoms with Crippen LogP contribution in [-0.4, -0.2) is 44.4 Å². The Bertz CT molecular complexity index is 1110. The molecule has 2 aromatic rings. The fraction of sp³-hybridized carbons (Fsp3) is 0.517. The van der Waals surface area contributed by atoms with Crippen LogP contribution >= 0.6 is 0 Å². The van der Waals surface area contributed by atoms with Gasteiger partial charge in [0.2, 0.25) is 0 Å². The molecular formula is C29H40N4O2. The zero-order valence-electron chi connectivity index (χ0n) is 21.2. The first kappa shape index (κ1) is 24.3. The van der Waals surface area contributed by atoms with E-state index in [0.29, 0.717) is 31.6 Å². The fourth-order valence-corrected chi connectivity index (χ4v) is 5.97. The lowest BCUT2D eigenvalue weighted by atomic mass is 9.85. The first-order chi connectivity index (χ1) is 16.9. The lowest BCUT2D eigenvalue weighted by Gasteiger charge is -2.27. The molecule has 3 aliphatic heterocycles. The maximum atomic E-state index is 6.53. The highest BCUT2D eigenvalue weighted by molar-refractivity contribution is 5.77. The minimum Gasteiger partial charge on any atom is -0.398 e. The van der Waals surface area contributed by atoms with Crippen molar-refractivity contribution in [2.24, 2.45) is 11.7 Å². The number of nitrogens with zero attached hydrogens (tertiary/aromatic N) is 1. The summed E-state index contributed by atoms with van der Waals surface area (Å²) >= 11 is 0. The van der Waals surface area contributed by atoms with Gasteiger partial charge in [-0.3, -0.25) is 0 Å².